The topological polar surface area (TPSA) is 38.3 Å². The zero-order chi connectivity index (χ0) is 14.3. The maximum atomic E-state index is 13.5. The molecule has 1 rings (SSSR count). The first-order valence-electron chi connectivity index (χ1n) is 6.30. The third kappa shape index (κ3) is 4.82. The molecule has 0 saturated carbocycles. The van der Waals surface area contributed by atoms with E-state index in [0.29, 0.717) is 18.0 Å². The van der Waals surface area contributed by atoms with Gasteiger partial charge in [0.05, 0.1) is 7.11 Å². The molecular formula is C14H19BrFNO2. The van der Waals surface area contributed by atoms with Crippen molar-refractivity contribution < 1.29 is 13.9 Å². The minimum absolute atomic E-state index is 0.141. The third-order valence-corrected chi connectivity index (χ3v) is 3.52. The first kappa shape index (κ1) is 16.0. The molecule has 0 aliphatic carbocycles. The number of halogens is 2. The minimum Gasteiger partial charge on any atom is -0.494 e. The van der Waals surface area contributed by atoms with Crippen molar-refractivity contribution in [3.8, 4) is 5.75 Å². The number of amides is 1. The van der Waals surface area contributed by atoms with Crippen molar-refractivity contribution >= 4 is 21.8 Å². The van der Waals surface area contributed by atoms with E-state index in [1.54, 1.807) is 6.07 Å². The Balaban J connectivity index is 2.60. The van der Waals surface area contributed by atoms with E-state index in [0.717, 1.165) is 18.2 Å². The molecule has 1 N–H and O–H groups in total. The van der Waals surface area contributed by atoms with E-state index in [4.69, 9.17) is 4.74 Å². The van der Waals surface area contributed by atoms with Crippen LogP contribution in [0.2, 0.25) is 0 Å². The molecule has 1 unspecified atom stereocenters. The molecule has 0 aliphatic heterocycles. The fourth-order valence-corrected chi connectivity index (χ4v) is 2.40. The summed E-state index contributed by atoms with van der Waals surface area (Å²) in [6.45, 7) is 2.70. The monoisotopic (exact) mass is 331 g/mol. The normalized spacial score (nSPS) is 12.0. The van der Waals surface area contributed by atoms with Crippen LogP contribution >= 0.6 is 15.9 Å². The van der Waals surface area contributed by atoms with Gasteiger partial charge in [0.15, 0.2) is 11.6 Å². The van der Waals surface area contributed by atoms with Crippen LogP contribution in [0.25, 0.3) is 0 Å². The van der Waals surface area contributed by atoms with Crippen molar-refractivity contribution in [1.29, 1.82) is 0 Å². The molecule has 0 spiro atoms. The van der Waals surface area contributed by atoms with Gasteiger partial charge in [-0.25, -0.2) is 4.39 Å². The maximum absolute atomic E-state index is 13.5. The summed E-state index contributed by atoms with van der Waals surface area (Å²) in [5.74, 6) is -0.203. The van der Waals surface area contributed by atoms with Crippen LogP contribution in [0.4, 0.5) is 4.39 Å². The number of methoxy groups -OCH3 is 1. The van der Waals surface area contributed by atoms with Crippen LogP contribution in [0.5, 0.6) is 5.75 Å². The van der Waals surface area contributed by atoms with Crippen molar-refractivity contribution in [1.82, 2.24) is 5.32 Å². The number of benzene rings is 1. The lowest BCUT2D eigenvalue weighted by atomic mass is 10.0. The minimum atomic E-state index is -0.525. The smallest absolute Gasteiger partial charge is 0.251 e. The Bertz CT molecular complexity index is 426. The van der Waals surface area contributed by atoms with Gasteiger partial charge in [-0.05, 0) is 30.5 Å². The van der Waals surface area contributed by atoms with Crippen LogP contribution in [-0.2, 0) is 0 Å². The van der Waals surface area contributed by atoms with E-state index >= 15 is 0 Å². The Morgan fingerprint density at radius 2 is 2.26 bits per heavy atom. The van der Waals surface area contributed by atoms with Gasteiger partial charge in [-0.2, -0.15) is 0 Å². The average molecular weight is 332 g/mol. The summed E-state index contributed by atoms with van der Waals surface area (Å²) in [4.78, 5) is 11.9. The van der Waals surface area contributed by atoms with Crippen molar-refractivity contribution in [2.45, 2.75) is 19.8 Å². The quantitative estimate of drug-likeness (QED) is 0.778. The van der Waals surface area contributed by atoms with Gasteiger partial charge < -0.3 is 10.1 Å². The molecular weight excluding hydrogens is 313 g/mol. The molecule has 1 aromatic rings. The van der Waals surface area contributed by atoms with E-state index in [-0.39, 0.29) is 11.7 Å². The molecule has 0 aliphatic rings. The Kier molecular flexibility index (Phi) is 6.84. The SMILES string of the molecule is CCC(CCBr)CNC(=O)c1ccc(OC)c(F)c1. The van der Waals surface area contributed by atoms with E-state index in [9.17, 15) is 9.18 Å². The van der Waals surface area contributed by atoms with Crippen LogP contribution in [-0.4, -0.2) is 24.9 Å². The zero-order valence-electron chi connectivity index (χ0n) is 11.2. The highest BCUT2D eigenvalue weighted by Gasteiger charge is 2.12. The molecule has 0 heterocycles. The van der Waals surface area contributed by atoms with Crippen molar-refractivity contribution in [2.75, 3.05) is 19.0 Å². The van der Waals surface area contributed by atoms with Crippen LogP contribution < -0.4 is 10.1 Å². The number of ether oxygens (including phenoxy) is 1. The fourth-order valence-electron chi connectivity index (χ4n) is 1.75. The number of carbonyl (C=O) groups is 1. The fraction of sp³-hybridized carbons (Fsp3) is 0.500. The number of hydrogen-bond acceptors (Lipinski definition) is 2. The number of nitrogens with one attached hydrogen (secondary N) is 1. The van der Waals surface area contributed by atoms with Gasteiger partial charge in [0.1, 0.15) is 0 Å². The van der Waals surface area contributed by atoms with Gasteiger partial charge in [-0.3, -0.25) is 4.79 Å². The molecule has 0 aromatic heterocycles. The lowest BCUT2D eigenvalue weighted by Crippen LogP contribution is -2.29. The Labute approximate surface area is 121 Å². The highest BCUT2D eigenvalue weighted by molar-refractivity contribution is 9.09. The highest BCUT2D eigenvalue weighted by Crippen LogP contribution is 2.17. The predicted octanol–water partition coefficient (Wildman–Crippen LogP) is 3.38. The highest BCUT2D eigenvalue weighted by atomic mass is 79.9. The van der Waals surface area contributed by atoms with Gasteiger partial charge in [-0.15, -0.1) is 0 Å². The van der Waals surface area contributed by atoms with Gasteiger partial charge in [0.25, 0.3) is 5.91 Å². The summed E-state index contributed by atoms with van der Waals surface area (Å²) < 4.78 is 18.3. The van der Waals surface area contributed by atoms with Crippen molar-refractivity contribution in [2.24, 2.45) is 5.92 Å². The number of alkyl halides is 1. The molecule has 3 nitrogen and oxygen atoms in total. The van der Waals surface area contributed by atoms with Gasteiger partial charge in [0.2, 0.25) is 0 Å². The van der Waals surface area contributed by atoms with Crippen molar-refractivity contribution in [3.05, 3.63) is 29.6 Å². The van der Waals surface area contributed by atoms with Gasteiger partial charge >= 0.3 is 0 Å². The summed E-state index contributed by atoms with van der Waals surface area (Å²) >= 11 is 3.39. The van der Waals surface area contributed by atoms with E-state index in [2.05, 4.69) is 28.2 Å². The molecule has 0 bridgehead atoms. The summed E-state index contributed by atoms with van der Waals surface area (Å²) in [5, 5.41) is 3.75. The van der Waals surface area contributed by atoms with Crippen LogP contribution in [0.1, 0.15) is 30.1 Å². The van der Waals surface area contributed by atoms with Gasteiger partial charge in [0, 0.05) is 17.4 Å². The summed E-state index contributed by atoms with van der Waals surface area (Å²) in [7, 11) is 1.39. The molecule has 5 heteroatoms. The summed E-state index contributed by atoms with van der Waals surface area (Å²) in [5.41, 5.74) is 0.312. The predicted molar refractivity (Wildman–Crippen MR) is 77.5 cm³/mol. The van der Waals surface area contributed by atoms with E-state index in [1.807, 2.05) is 0 Å². The second-order valence-corrected chi connectivity index (χ2v) is 5.10. The Hall–Kier alpha value is -1.10. The summed E-state index contributed by atoms with van der Waals surface area (Å²) in [6, 6.07) is 4.21. The second kappa shape index (κ2) is 8.15. The largest absolute Gasteiger partial charge is 0.494 e. The molecule has 0 saturated heterocycles. The third-order valence-electron chi connectivity index (χ3n) is 3.06. The average Bonchev–Trinajstić information content (AvgIpc) is 2.42. The number of rotatable bonds is 7. The Morgan fingerprint density at radius 3 is 2.79 bits per heavy atom. The Morgan fingerprint density at radius 1 is 1.53 bits per heavy atom. The molecule has 1 amide bonds. The molecule has 0 fully saturated rings. The molecule has 0 radical (unpaired) electrons. The van der Waals surface area contributed by atoms with Crippen LogP contribution in [0.15, 0.2) is 18.2 Å². The van der Waals surface area contributed by atoms with Crippen LogP contribution in [0, 0.1) is 11.7 Å². The lowest BCUT2D eigenvalue weighted by molar-refractivity contribution is 0.0946. The zero-order valence-corrected chi connectivity index (χ0v) is 12.8. The first-order valence-corrected chi connectivity index (χ1v) is 7.42. The summed E-state index contributed by atoms with van der Waals surface area (Å²) in [6.07, 6.45) is 2.01. The molecule has 1 atom stereocenters. The molecule has 106 valence electrons. The van der Waals surface area contributed by atoms with Gasteiger partial charge in [-0.1, -0.05) is 29.3 Å². The number of carbonyl (C=O) groups excluding carboxylic acids is 1. The maximum Gasteiger partial charge on any atom is 0.251 e. The van der Waals surface area contributed by atoms with E-state index in [1.165, 1.54) is 19.2 Å². The number of hydrogen-bond donors (Lipinski definition) is 1. The second-order valence-electron chi connectivity index (χ2n) is 4.31. The van der Waals surface area contributed by atoms with Crippen molar-refractivity contribution in [3.63, 3.8) is 0 Å². The van der Waals surface area contributed by atoms with E-state index < -0.39 is 5.82 Å². The molecule has 1 aromatic carbocycles. The molecule has 19 heavy (non-hydrogen) atoms. The first-order chi connectivity index (χ1) is 9.12. The lowest BCUT2D eigenvalue weighted by Gasteiger charge is -2.14. The van der Waals surface area contributed by atoms with Crippen LogP contribution in [0.3, 0.4) is 0 Å². The standard InChI is InChI=1S/C14H19BrFNO2/c1-3-10(6-7-15)9-17-14(18)11-4-5-13(19-2)12(16)8-11/h4-5,8,10H,3,6-7,9H2,1-2H3,(H,17,18).